The molecule has 2 aromatic rings. The van der Waals surface area contributed by atoms with E-state index in [2.05, 4.69) is 20.9 Å². The Morgan fingerprint density at radius 3 is 2.75 bits per heavy atom. The summed E-state index contributed by atoms with van der Waals surface area (Å²) in [6, 6.07) is 6.96. The summed E-state index contributed by atoms with van der Waals surface area (Å²) < 4.78 is 37.6. The monoisotopic (exact) mass is 340 g/mol. The molecule has 0 unspecified atom stereocenters. The fourth-order valence-corrected chi connectivity index (χ4v) is 2.03. The lowest BCUT2D eigenvalue weighted by Crippen LogP contribution is -2.27. The van der Waals surface area contributed by atoms with Gasteiger partial charge in [-0.25, -0.2) is 14.3 Å². The third-order valence-electron chi connectivity index (χ3n) is 2.35. The van der Waals surface area contributed by atoms with E-state index in [0.29, 0.717) is 14.6 Å². The first-order chi connectivity index (χ1) is 10.9. The normalized spacial score (nSPS) is 15.0. The van der Waals surface area contributed by atoms with Crippen LogP contribution in [0.4, 0.5) is 4.79 Å². The Labute approximate surface area is 132 Å². The Hall–Kier alpha value is -1.62. The second-order valence-electron chi connectivity index (χ2n) is 5.19. The van der Waals surface area contributed by atoms with Gasteiger partial charge in [-0.05, 0) is 33.7 Å². The Bertz CT molecular complexity index is 779. The number of benzene rings is 1. The molecule has 0 saturated heterocycles. The summed E-state index contributed by atoms with van der Waals surface area (Å²) >= 11 is 3.35. The molecule has 20 heavy (non-hydrogen) atoms. The smallest absolute Gasteiger partial charge is 0.420 e. The first-order valence-corrected chi connectivity index (χ1v) is 6.79. The Balaban J connectivity index is 2.66. The number of halogens is 1. The topological polar surface area (TPSA) is 44.1 Å². The van der Waals surface area contributed by atoms with Gasteiger partial charge >= 0.3 is 6.09 Å². The summed E-state index contributed by atoms with van der Waals surface area (Å²) in [5.41, 5.74) is -0.206. The van der Waals surface area contributed by atoms with Crippen LogP contribution in [-0.4, -0.2) is 21.2 Å². The number of ether oxygens (including phenoxy) is 1. The molecule has 0 radical (unpaired) electrons. The summed E-state index contributed by atoms with van der Waals surface area (Å²) in [6.45, 7) is 2.33. The van der Waals surface area contributed by atoms with Gasteiger partial charge in [0.25, 0.3) is 0 Å². The average Bonchev–Trinajstić information content (AvgIpc) is 2.75. The Kier molecular flexibility index (Phi) is 2.74. The van der Waals surface area contributed by atoms with E-state index in [4.69, 9.17) is 10.2 Å². The number of imidazole rings is 1. The molecule has 4 nitrogen and oxygen atoms in total. The van der Waals surface area contributed by atoms with Crippen molar-refractivity contribution in [2.24, 2.45) is 0 Å². The number of hydrogen-bond acceptors (Lipinski definition) is 3. The number of carbonyl (C=O) groups is 1. The first kappa shape index (κ1) is 10.2. The molecule has 1 aromatic heterocycles. The van der Waals surface area contributed by atoms with Gasteiger partial charge in [0.15, 0.2) is 0 Å². The standard InChI is InChI=1S/C15H17BrN2O2/c1-10-17-13(11-7-5-6-8-12(11)16)9-18(10)14(19)20-15(2,3)4/h5-9H,1-4H3/i1D3,9D. The van der Waals surface area contributed by atoms with Crippen LogP contribution < -0.4 is 0 Å². The molecule has 0 aliphatic heterocycles. The summed E-state index contributed by atoms with van der Waals surface area (Å²) in [7, 11) is 0. The maximum Gasteiger partial charge on any atom is 0.420 e. The van der Waals surface area contributed by atoms with Gasteiger partial charge in [0.05, 0.1) is 7.06 Å². The minimum atomic E-state index is -2.66. The van der Waals surface area contributed by atoms with Crippen LogP contribution in [0.2, 0.25) is 0 Å². The number of rotatable bonds is 1. The maximum absolute atomic E-state index is 12.4. The van der Waals surface area contributed by atoms with Crippen molar-refractivity contribution in [1.82, 2.24) is 9.55 Å². The minimum Gasteiger partial charge on any atom is -0.443 e. The number of hydrogen-bond donors (Lipinski definition) is 0. The molecule has 0 spiro atoms. The zero-order chi connectivity index (χ0) is 18.3. The number of aromatic nitrogens is 2. The second kappa shape index (κ2) is 5.40. The molecule has 1 aromatic carbocycles. The van der Waals surface area contributed by atoms with Crippen LogP contribution in [0.1, 0.15) is 32.1 Å². The van der Waals surface area contributed by atoms with Crippen LogP contribution in [0.3, 0.4) is 0 Å². The molecule has 0 amide bonds. The van der Waals surface area contributed by atoms with Gasteiger partial charge in [-0.15, -0.1) is 0 Å². The SMILES string of the molecule is [2H]c1c(-c2ccccc2Br)nc(C([2H])([2H])[2H])n1C(=O)OC(C)(C)C. The predicted octanol–water partition coefficient (Wildman–Crippen LogP) is 4.40. The number of carbonyl (C=O) groups excluding carboxylic acids is 1. The average molecular weight is 341 g/mol. The molecule has 0 aliphatic carbocycles. The van der Waals surface area contributed by atoms with Crippen molar-refractivity contribution < 1.29 is 15.0 Å². The van der Waals surface area contributed by atoms with Gasteiger partial charge in [0.2, 0.25) is 0 Å². The Morgan fingerprint density at radius 2 is 2.15 bits per heavy atom. The van der Waals surface area contributed by atoms with Crippen LogP contribution in [0.25, 0.3) is 11.3 Å². The van der Waals surface area contributed by atoms with Crippen molar-refractivity contribution in [3.8, 4) is 11.3 Å². The highest BCUT2D eigenvalue weighted by Crippen LogP contribution is 2.27. The van der Waals surface area contributed by atoms with Crippen LogP contribution in [0.5, 0.6) is 0 Å². The zero-order valence-electron chi connectivity index (χ0n) is 15.4. The van der Waals surface area contributed by atoms with E-state index in [1.54, 1.807) is 45.0 Å². The van der Waals surface area contributed by atoms with Gasteiger partial charge in [0, 0.05) is 20.3 Å². The largest absolute Gasteiger partial charge is 0.443 e. The fraction of sp³-hybridized carbons (Fsp3) is 0.333. The van der Waals surface area contributed by atoms with E-state index in [-0.39, 0.29) is 11.9 Å². The molecular formula is C15H17BrN2O2. The molecule has 0 N–H and O–H groups in total. The molecule has 5 heteroatoms. The van der Waals surface area contributed by atoms with E-state index in [1.807, 2.05) is 0 Å². The van der Waals surface area contributed by atoms with Gasteiger partial charge in [-0.1, -0.05) is 34.1 Å². The van der Waals surface area contributed by atoms with Gasteiger partial charge < -0.3 is 4.74 Å². The van der Waals surface area contributed by atoms with Crippen molar-refractivity contribution in [1.29, 1.82) is 0 Å². The number of nitrogens with zero attached hydrogens (tertiary/aromatic N) is 2. The molecular weight excluding hydrogens is 320 g/mol. The highest BCUT2D eigenvalue weighted by Gasteiger charge is 2.20. The second-order valence-corrected chi connectivity index (χ2v) is 6.05. The van der Waals surface area contributed by atoms with Crippen LogP contribution in [-0.2, 0) is 4.74 Å². The maximum atomic E-state index is 12.4. The summed E-state index contributed by atoms with van der Waals surface area (Å²) in [5, 5.41) is 0. The fourth-order valence-electron chi connectivity index (χ4n) is 1.55. The third-order valence-corrected chi connectivity index (χ3v) is 3.04. The molecule has 2 rings (SSSR count). The van der Waals surface area contributed by atoms with Gasteiger partial charge in [-0.2, -0.15) is 0 Å². The van der Waals surface area contributed by atoms with Crippen molar-refractivity contribution in [3.05, 3.63) is 40.7 Å². The molecule has 0 bridgehead atoms. The third kappa shape index (κ3) is 3.28. The van der Waals surface area contributed by atoms with Crippen LogP contribution in [0, 0.1) is 6.85 Å². The van der Waals surface area contributed by atoms with E-state index in [0.717, 1.165) is 0 Å². The molecule has 106 valence electrons. The number of aryl methyl sites for hydroxylation is 1. The first-order valence-electron chi connectivity index (χ1n) is 8.00. The van der Waals surface area contributed by atoms with Gasteiger partial charge in [0.1, 0.15) is 11.4 Å². The highest BCUT2D eigenvalue weighted by atomic mass is 79.9. The molecule has 0 fully saturated rings. The van der Waals surface area contributed by atoms with Crippen molar-refractivity contribution in [3.63, 3.8) is 0 Å². The van der Waals surface area contributed by atoms with Crippen molar-refractivity contribution in [2.75, 3.05) is 0 Å². The Morgan fingerprint density at radius 1 is 1.45 bits per heavy atom. The van der Waals surface area contributed by atoms with E-state index >= 15 is 0 Å². The summed E-state index contributed by atoms with van der Waals surface area (Å²) in [4.78, 5) is 16.4. The molecule has 0 saturated carbocycles. The summed E-state index contributed by atoms with van der Waals surface area (Å²) in [5.74, 6) is -0.493. The summed E-state index contributed by atoms with van der Waals surface area (Å²) in [6.07, 6.45) is -1.27. The van der Waals surface area contributed by atoms with E-state index in [1.165, 1.54) is 0 Å². The van der Waals surface area contributed by atoms with E-state index < -0.39 is 24.4 Å². The zero-order valence-corrected chi connectivity index (χ0v) is 13.0. The lowest BCUT2D eigenvalue weighted by Gasteiger charge is -2.19. The van der Waals surface area contributed by atoms with Crippen LogP contribution in [0.15, 0.2) is 34.9 Å². The lowest BCUT2D eigenvalue weighted by molar-refractivity contribution is 0.0533. The van der Waals surface area contributed by atoms with Crippen molar-refractivity contribution in [2.45, 2.75) is 33.2 Å². The molecule has 1 heterocycles. The van der Waals surface area contributed by atoms with E-state index in [9.17, 15) is 4.79 Å². The lowest BCUT2D eigenvalue weighted by atomic mass is 10.2. The van der Waals surface area contributed by atoms with Gasteiger partial charge in [-0.3, -0.25) is 0 Å². The quantitative estimate of drug-likeness (QED) is 0.772. The minimum absolute atomic E-state index is 0.0967. The van der Waals surface area contributed by atoms with Crippen molar-refractivity contribution >= 4 is 22.0 Å². The predicted molar refractivity (Wildman–Crippen MR) is 81.7 cm³/mol. The van der Waals surface area contributed by atoms with Crippen LogP contribution >= 0.6 is 15.9 Å². The highest BCUT2D eigenvalue weighted by molar-refractivity contribution is 9.10. The molecule has 0 aliphatic rings. The molecule has 0 atom stereocenters.